The van der Waals surface area contributed by atoms with Crippen LogP contribution in [0.5, 0.6) is 0 Å². The van der Waals surface area contributed by atoms with Crippen LogP contribution < -0.4 is 0 Å². The van der Waals surface area contributed by atoms with Gasteiger partial charge in [0, 0.05) is 0 Å². The summed E-state index contributed by atoms with van der Waals surface area (Å²) >= 11 is 0. The zero-order valence-electron chi connectivity index (χ0n) is 34.3. The molecule has 0 aromatic heterocycles. The third-order valence-corrected chi connectivity index (χ3v) is 15.0. The summed E-state index contributed by atoms with van der Waals surface area (Å²) in [4.78, 5) is 0. The lowest BCUT2D eigenvalue weighted by molar-refractivity contribution is 0.802. The minimum Gasteiger partial charge on any atom is -0.0619 e. The number of fused-ring (bicyclic) bond motifs is 18. The third kappa shape index (κ3) is 4.12. The maximum absolute atomic E-state index is 2.51. The Bertz CT molecular complexity index is 4090. The minimum absolute atomic E-state index is 0.445. The van der Waals surface area contributed by atoms with Crippen molar-refractivity contribution in [3.05, 3.63) is 241 Å². The Labute approximate surface area is 364 Å². The average molecular weight is 793 g/mol. The number of rotatable bonds is 2. The summed E-state index contributed by atoms with van der Waals surface area (Å²) in [6.07, 6.45) is 0. The van der Waals surface area contributed by atoms with Crippen LogP contribution in [-0.4, -0.2) is 0 Å². The highest BCUT2D eigenvalue weighted by Gasteiger charge is 2.53. The van der Waals surface area contributed by atoms with E-state index in [9.17, 15) is 0 Å². The first-order chi connectivity index (χ1) is 31.3. The van der Waals surface area contributed by atoms with Gasteiger partial charge in [0.1, 0.15) is 0 Å². The maximum Gasteiger partial charge on any atom is 0.0731 e. The molecule has 0 bridgehead atoms. The van der Waals surface area contributed by atoms with Crippen molar-refractivity contribution in [2.75, 3.05) is 0 Å². The monoisotopic (exact) mass is 792 g/mol. The van der Waals surface area contributed by atoms with Crippen molar-refractivity contribution in [2.45, 2.75) is 5.41 Å². The van der Waals surface area contributed by atoms with Gasteiger partial charge in [-0.25, -0.2) is 0 Å². The molecule has 13 aromatic carbocycles. The molecule has 0 atom stereocenters. The van der Waals surface area contributed by atoms with E-state index in [1.807, 2.05) is 0 Å². The molecular formula is C63H36. The van der Waals surface area contributed by atoms with E-state index in [4.69, 9.17) is 0 Å². The van der Waals surface area contributed by atoms with E-state index in [2.05, 4.69) is 218 Å². The molecule has 0 N–H and O–H groups in total. The topological polar surface area (TPSA) is 0 Å². The molecule has 288 valence electrons. The SMILES string of the molecule is c1ccc2c(c1)-c1ccccc1C21c2ccccc2-c2c1c1cccc3c(-c4cc5c6ccccc6c(-c6cccc7ccccc67)cc5c5ccccc45)cc4cccc2c4c31. The van der Waals surface area contributed by atoms with Gasteiger partial charge in [-0.05, 0) is 160 Å². The number of benzene rings is 13. The van der Waals surface area contributed by atoms with Gasteiger partial charge in [0.25, 0.3) is 0 Å². The normalized spacial score (nSPS) is 13.5. The van der Waals surface area contributed by atoms with E-state index in [-0.39, 0.29) is 0 Å². The van der Waals surface area contributed by atoms with E-state index in [0.29, 0.717) is 0 Å². The fourth-order valence-electron chi connectivity index (χ4n) is 12.6. The summed E-state index contributed by atoms with van der Waals surface area (Å²) in [6, 6.07) is 82.9. The molecule has 0 aliphatic heterocycles. The molecule has 0 heterocycles. The molecule has 63 heavy (non-hydrogen) atoms. The molecule has 2 aliphatic rings. The summed E-state index contributed by atoms with van der Waals surface area (Å²) < 4.78 is 0. The van der Waals surface area contributed by atoms with E-state index in [0.717, 1.165) is 0 Å². The van der Waals surface area contributed by atoms with Crippen LogP contribution in [0.3, 0.4) is 0 Å². The van der Waals surface area contributed by atoms with Gasteiger partial charge in [0.05, 0.1) is 5.41 Å². The quantitative estimate of drug-likeness (QED) is 0.153. The molecule has 0 saturated heterocycles. The second kappa shape index (κ2) is 12.1. The molecule has 13 aromatic rings. The second-order valence-electron chi connectivity index (χ2n) is 17.8. The second-order valence-corrected chi connectivity index (χ2v) is 17.8. The highest BCUT2D eigenvalue weighted by atomic mass is 14.5. The Balaban J connectivity index is 1.08. The van der Waals surface area contributed by atoms with Crippen LogP contribution in [0.15, 0.2) is 218 Å². The van der Waals surface area contributed by atoms with Crippen LogP contribution in [0.25, 0.3) is 120 Å². The van der Waals surface area contributed by atoms with Crippen LogP contribution in [0.4, 0.5) is 0 Å². The summed E-state index contributed by atoms with van der Waals surface area (Å²) in [5, 5.41) is 18.1. The summed E-state index contributed by atoms with van der Waals surface area (Å²) in [5.41, 5.74) is 15.6. The Morgan fingerprint density at radius 3 is 1.35 bits per heavy atom. The summed E-state index contributed by atoms with van der Waals surface area (Å²) in [7, 11) is 0. The van der Waals surface area contributed by atoms with E-state index in [1.54, 1.807) is 0 Å². The molecule has 0 fully saturated rings. The highest BCUT2D eigenvalue weighted by molar-refractivity contribution is 6.33. The molecule has 2 aliphatic carbocycles. The zero-order chi connectivity index (χ0) is 41.0. The molecule has 1 spiro atoms. The lowest BCUT2D eigenvalue weighted by Crippen LogP contribution is -2.26. The smallest absolute Gasteiger partial charge is 0.0619 e. The Kier molecular flexibility index (Phi) is 6.44. The van der Waals surface area contributed by atoms with Gasteiger partial charge in [-0.2, -0.15) is 0 Å². The molecule has 0 unspecified atom stereocenters. The molecule has 15 rings (SSSR count). The van der Waals surface area contributed by atoms with Crippen molar-refractivity contribution in [2.24, 2.45) is 0 Å². The van der Waals surface area contributed by atoms with Gasteiger partial charge in [0.2, 0.25) is 0 Å². The predicted molar refractivity (Wildman–Crippen MR) is 267 cm³/mol. The van der Waals surface area contributed by atoms with Crippen LogP contribution in [0.1, 0.15) is 22.3 Å². The lowest BCUT2D eigenvalue weighted by Gasteiger charge is -2.32. The molecule has 0 heteroatoms. The first kappa shape index (κ1) is 33.6. The Hall–Kier alpha value is -8.06. The first-order valence-electron chi connectivity index (χ1n) is 22.2. The lowest BCUT2D eigenvalue weighted by atomic mass is 9.68. The molecule has 0 saturated carbocycles. The molecular weight excluding hydrogens is 757 g/mol. The van der Waals surface area contributed by atoms with Crippen molar-refractivity contribution in [3.8, 4) is 44.5 Å². The van der Waals surface area contributed by atoms with Gasteiger partial charge in [-0.3, -0.25) is 0 Å². The van der Waals surface area contributed by atoms with Crippen LogP contribution in [0.2, 0.25) is 0 Å². The first-order valence-corrected chi connectivity index (χ1v) is 22.2. The standard InChI is InChI=1S/C63H36/c1-2-19-39-37(16-1)17-13-27-40(39)52-35-54-44-23-6-5-22-43(44)53(36-55(54)42-21-4-3-20-41(42)52)51-34-38-18-14-29-49-59(38)60-47(51)28-15-30-50(60)62-61(49)48-26-9-12-33-58(48)63(62)56-31-10-7-24-45(56)46-25-8-11-32-57(46)63/h1-36H. The van der Waals surface area contributed by atoms with Crippen molar-refractivity contribution < 1.29 is 0 Å². The van der Waals surface area contributed by atoms with Crippen LogP contribution in [0, 0.1) is 0 Å². The van der Waals surface area contributed by atoms with Gasteiger partial charge in [0.15, 0.2) is 0 Å². The van der Waals surface area contributed by atoms with E-state index in [1.165, 1.54) is 142 Å². The van der Waals surface area contributed by atoms with E-state index < -0.39 is 5.41 Å². The summed E-state index contributed by atoms with van der Waals surface area (Å²) in [5.74, 6) is 0. The number of hydrogen-bond donors (Lipinski definition) is 0. The van der Waals surface area contributed by atoms with Crippen molar-refractivity contribution in [1.29, 1.82) is 0 Å². The molecule has 0 radical (unpaired) electrons. The highest BCUT2D eigenvalue weighted by Crippen LogP contribution is 2.66. The van der Waals surface area contributed by atoms with Gasteiger partial charge in [-0.15, -0.1) is 0 Å². The minimum atomic E-state index is -0.445. The van der Waals surface area contributed by atoms with Gasteiger partial charge >= 0.3 is 0 Å². The van der Waals surface area contributed by atoms with Crippen molar-refractivity contribution in [1.82, 2.24) is 0 Å². The fourth-order valence-corrected chi connectivity index (χ4v) is 12.6. The van der Waals surface area contributed by atoms with Crippen molar-refractivity contribution in [3.63, 3.8) is 0 Å². The zero-order valence-corrected chi connectivity index (χ0v) is 34.3. The fraction of sp³-hybridized carbons (Fsp3) is 0.0159. The number of hydrogen-bond acceptors (Lipinski definition) is 0. The maximum atomic E-state index is 2.51. The Morgan fingerprint density at radius 2 is 0.651 bits per heavy atom. The average Bonchev–Trinajstić information content (AvgIpc) is 3.83. The van der Waals surface area contributed by atoms with Crippen molar-refractivity contribution >= 4 is 75.4 Å². The Morgan fingerprint density at radius 1 is 0.222 bits per heavy atom. The molecule has 0 nitrogen and oxygen atoms in total. The van der Waals surface area contributed by atoms with Crippen LogP contribution in [-0.2, 0) is 5.41 Å². The van der Waals surface area contributed by atoms with Gasteiger partial charge < -0.3 is 0 Å². The van der Waals surface area contributed by atoms with E-state index >= 15 is 0 Å². The predicted octanol–water partition coefficient (Wildman–Crippen LogP) is 16.9. The third-order valence-electron chi connectivity index (χ3n) is 15.0. The summed E-state index contributed by atoms with van der Waals surface area (Å²) in [6.45, 7) is 0. The molecule has 0 amide bonds. The largest absolute Gasteiger partial charge is 0.0731 e. The van der Waals surface area contributed by atoms with Gasteiger partial charge in [-0.1, -0.05) is 200 Å². The van der Waals surface area contributed by atoms with Crippen LogP contribution >= 0.6 is 0 Å².